The van der Waals surface area contributed by atoms with Crippen LogP contribution in [0.15, 0.2) is 12.7 Å². The van der Waals surface area contributed by atoms with E-state index in [1.54, 1.807) is 11.3 Å². The van der Waals surface area contributed by atoms with Crippen LogP contribution in [0.2, 0.25) is 0 Å². The lowest BCUT2D eigenvalue weighted by atomic mass is 10.4. The molecular formula is C10H12N2OS. The molecule has 0 fully saturated rings. The molecule has 1 N–H and O–H groups in total. The molecule has 0 spiro atoms. The van der Waals surface area contributed by atoms with Crippen molar-refractivity contribution >= 4 is 17.2 Å². The summed E-state index contributed by atoms with van der Waals surface area (Å²) in [7, 11) is 0. The minimum atomic E-state index is -0.139. The van der Waals surface area contributed by atoms with E-state index >= 15 is 0 Å². The number of rotatable bonds is 3. The molecule has 2 rings (SSSR count). The van der Waals surface area contributed by atoms with Gasteiger partial charge in [-0.2, -0.15) is 0 Å². The van der Waals surface area contributed by atoms with Gasteiger partial charge in [-0.25, -0.2) is 4.98 Å². The number of hydrogen-bond acceptors (Lipinski definition) is 3. The summed E-state index contributed by atoms with van der Waals surface area (Å²) in [4.78, 5) is 16.8. The van der Waals surface area contributed by atoms with Crippen molar-refractivity contribution in [2.75, 3.05) is 0 Å². The Labute approximate surface area is 86.9 Å². The van der Waals surface area contributed by atoms with Crippen LogP contribution in [0.5, 0.6) is 0 Å². The number of carbonyl (C=O) groups is 1. The number of nitrogens with one attached hydrogen (secondary N) is 1. The lowest BCUT2D eigenvalue weighted by Gasteiger charge is -1.97. The van der Waals surface area contributed by atoms with Crippen LogP contribution in [0.4, 0.5) is 0 Å². The standard InChI is InChI=1S/C10H12N2OS/c1-2-9(13)11-6-10-12-7-4-3-5-8(7)14-10/h2H,1,3-6H2,(H,11,13). The third-order valence-corrected chi connectivity index (χ3v) is 3.40. The fourth-order valence-electron chi connectivity index (χ4n) is 1.55. The molecule has 0 atom stereocenters. The van der Waals surface area contributed by atoms with Gasteiger partial charge in [0.25, 0.3) is 0 Å². The summed E-state index contributed by atoms with van der Waals surface area (Å²) >= 11 is 1.71. The molecule has 0 aromatic carbocycles. The summed E-state index contributed by atoms with van der Waals surface area (Å²) in [5.74, 6) is -0.139. The molecule has 1 aromatic rings. The Morgan fingerprint density at radius 3 is 3.21 bits per heavy atom. The molecule has 74 valence electrons. The van der Waals surface area contributed by atoms with Gasteiger partial charge in [-0.05, 0) is 25.3 Å². The number of fused-ring (bicyclic) bond motifs is 1. The second-order valence-electron chi connectivity index (χ2n) is 3.25. The maximum atomic E-state index is 10.9. The predicted octanol–water partition coefficient (Wildman–Crippen LogP) is 1.43. The number of nitrogens with zero attached hydrogens (tertiary/aromatic N) is 1. The van der Waals surface area contributed by atoms with Crippen molar-refractivity contribution in [2.45, 2.75) is 25.8 Å². The molecule has 1 aliphatic rings. The Kier molecular flexibility index (Phi) is 2.63. The van der Waals surface area contributed by atoms with Gasteiger partial charge in [0.1, 0.15) is 5.01 Å². The maximum absolute atomic E-state index is 10.9. The van der Waals surface area contributed by atoms with E-state index < -0.39 is 0 Å². The number of amides is 1. The molecule has 1 aliphatic carbocycles. The molecule has 14 heavy (non-hydrogen) atoms. The van der Waals surface area contributed by atoms with E-state index in [0.29, 0.717) is 6.54 Å². The van der Waals surface area contributed by atoms with Crippen molar-refractivity contribution in [1.82, 2.24) is 10.3 Å². The summed E-state index contributed by atoms with van der Waals surface area (Å²) in [5, 5.41) is 3.73. The van der Waals surface area contributed by atoms with Crippen LogP contribution in [0.25, 0.3) is 0 Å². The van der Waals surface area contributed by atoms with E-state index in [9.17, 15) is 4.79 Å². The quantitative estimate of drug-likeness (QED) is 0.764. The Hall–Kier alpha value is -1.16. The topological polar surface area (TPSA) is 42.0 Å². The summed E-state index contributed by atoms with van der Waals surface area (Å²) in [6.07, 6.45) is 4.76. The Balaban J connectivity index is 1.97. The van der Waals surface area contributed by atoms with Gasteiger partial charge in [0, 0.05) is 4.88 Å². The summed E-state index contributed by atoms with van der Waals surface area (Å²) < 4.78 is 0. The largest absolute Gasteiger partial charge is 0.346 e. The second-order valence-corrected chi connectivity index (χ2v) is 4.42. The van der Waals surface area contributed by atoms with Crippen molar-refractivity contribution in [3.8, 4) is 0 Å². The van der Waals surface area contributed by atoms with Crippen molar-refractivity contribution < 1.29 is 4.79 Å². The van der Waals surface area contributed by atoms with E-state index in [4.69, 9.17) is 0 Å². The van der Waals surface area contributed by atoms with Crippen LogP contribution in [-0.2, 0) is 24.2 Å². The maximum Gasteiger partial charge on any atom is 0.243 e. The summed E-state index contributed by atoms with van der Waals surface area (Å²) in [5.41, 5.74) is 1.23. The molecule has 0 aliphatic heterocycles. The molecule has 1 aromatic heterocycles. The van der Waals surface area contributed by atoms with Crippen LogP contribution in [0.3, 0.4) is 0 Å². The summed E-state index contributed by atoms with van der Waals surface area (Å²) in [6, 6.07) is 0. The third-order valence-electron chi connectivity index (χ3n) is 2.24. The number of thiazole rings is 1. The van der Waals surface area contributed by atoms with E-state index in [1.165, 1.54) is 23.1 Å². The van der Waals surface area contributed by atoms with Gasteiger partial charge in [-0.3, -0.25) is 4.79 Å². The predicted molar refractivity (Wildman–Crippen MR) is 56.2 cm³/mol. The Morgan fingerprint density at radius 2 is 2.50 bits per heavy atom. The highest BCUT2D eigenvalue weighted by molar-refractivity contribution is 7.11. The SMILES string of the molecule is C=CC(=O)NCc1nc2c(s1)CCC2. The third kappa shape index (κ3) is 1.85. The first-order chi connectivity index (χ1) is 6.79. The second kappa shape index (κ2) is 3.92. The zero-order chi connectivity index (χ0) is 9.97. The molecule has 1 heterocycles. The van der Waals surface area contributed by atoms with Crippen molar-refractivity contribution in [2.24, 2.45) is 0 Å². The molecule has 1 amide bonds. The highest BCUT2D eigenvalue weighted by atomic mass is 32.1. The van der Waals surface area contributed by atoms with Crippen molar-refractivity contribution in [3.05, 3.63) is 28.2 Å². The first-order valence-electron chi connectivity index (χ1n) is 4.67. The fraction of sp³-hybridized carbons (Fsp3) is 0.400. The van der Waals surface area contributed by atoms with Crippen LogP contribution < -0.4 is 5.32 Å². The number of aromatic nitrogens is 1. The number of hydrogen-bond donors (Lipinski definition) is 1. The van der Waals surface area contributed by atoms with E-state index in [-0.39, 0.29) is 5.91 Å². The summed E-state index contributed by atoms with van der Waals surface area (Å²) in [6.45, 7) is 3.92. The normalized spacial score (nSPS) is 13.7. The Bertz CT molecular complexity index is 349. The van der Waals surface area contributed by atoms with Gasteiger partial charge in [-0.1, -0.05) is 6.58 Å². The average molecular weight is 208 g/mol. The first kappa shape index (κ1) is 9.40. The van der Waals surface area contributed by atoms with Crippen molar-refractivity contribution in [1.29, 1.82) is 0 Å². The smallest absolute Gasteiger partial charge is 0.243 e. The molecule has 3 nitrogen and oxygen atoms in total. The van der Waals surface area contributed by atoms with Crippen LogP contribution >= 0.6 is 11.3 Å². The molecular weight excluding hydrogens is 196 g/mol. The minimum Gasteiger partial charge on any atom is -0.346 e. The van der Waals surface area contributed by atoms with Gasteiger partial charge in [0.05, 0.1) is 12.2 Å². The molecule has 0 unspecified atom stereocenters. The Morgan fingerprint density at radius 1 is 1.64 bits per heavy atom. The molecule has 0 saturated carbocycles. The van der Waals surface area contributed by atoms with E-state index in [2.05, 4.69) is 16.9 Å². The van der Waals surface area contributed by atoms with E-state index in [1.807, 2.05) is 0 Å². The van der Waals surface area contributed by atoms with Crippen LogP contribution in [0, 0.1) is 0 Å². The molecule has 4 heteroatoms. The lowest BCUT2D eigenvalue weighted by Crippen LogP contribution is -2.19. The van der Waals surface area contributed by atoms with Gasteiger partial charge in [0.2, 0.25) is 5.91 Å². The van der Waals surface area contributed by atoms with Gasteiger partial charge < -0.3 is 5.32 Å². The monoisotopic (exact) mass is 208 g/mol. The zero-order valence-corrected chi connectivity index (χ0v) is 8.69. The van der Waals surface area contributed by atoms with Crippen LogP contribution in [-0.4, -0.2) is 10.9 Å². The zero-order valence-electron chi connectivity index (χ0n) is 7.88. The molecule has 0 saturated heterocycles. The number of aryl methyl sites for hydroxylation is 2. The first-order valence-corrected chi connectivity index (χ1v) is 5.49. The van der Waals surface area contributed by atoms with Crippen molar-refractivity contribution in [3.63, 3.8) is 0 Å². The fourth-order valence-corrected chi connectivity index (χ4v) is 2.65. The average Bonchev–Trinajstić information content (AvgIpc) is 2.73. The highest BCUT2D eigenvalue weighted by Crippen LogP contribution is 2.27. The van der Waals surface area contributed by atoms with E-state index in [0.717, 1.165) is 17.8 Å². The lowest BCUT2D eigenvalue weighted by molar-refractivity contribution is -0.116. The van der Waals surface area contributed by atoms with Gasteiger partial charge in [-0.15, -0.1) is 11.3 Å². The molecule has 0 radical (unpaired) electrons. The van der Waals surface area contributed by atoms with Crippen LogP contribution in [0.1, 0.15) is 22.0 Å². The van der Waals surface area contributed by atoms with Gasteiger partial charge in [0.15, 0.2) is 0 Å². The minimum absolute atomic E-state index is 0.139. The van der Waals surface area contributed by atoms with Gasteiger partial charge >= 0.3 is 0 Å². The number of carbonyl (C=O) groups excluding carboxylic acids is 1. The molecule has 0 bridgehead atoms. The highest BCUT2D eigenvalue weighted by Gasteiger charge is 2.16.